The summed E-state index contributed by atoms with van der Waals surface area (Å²) in [5.74, 6) is -1.80. The number of H-pyrrole nitrogens is 1. The first kappa shape index (κ1) is 11.5. The number of oxazole rings is 1. The number of rotatable bonds is 2. The van der Waals surface area contributed by atoms with Crippen molar-refractivity contribution in [2.45, 2.75) is 6.42 Å². The predicted molar refractivity (Wildman–Crippen MR) is 66.5 cm³/mol. The quantitative estimate of drug-likeness (QED) is 0.790. The molecule has 2 aromatic rings. The maximum Gasteiger partial charge on any atom is 0.417 e. The van der Waals surface area contributed by atoms with Crippen molar-refractivity contribution in [3.63, 3.8) is 0 Å². The minimum atomic E-state index is -0.583. The third-order valence-electron chi connectivity index (χ3n) is 3.24. The largest absolute Gasteiger partial charge is 0.417 e. The van der Waals surface area contributed by atoms with Gasteiger partial charge < -0.3 is 15.1 Å². The highest BCUT2D eigenvalue weighted by atomic mass is 16.4. The Bertz CT molecular complexity index is 730. The highest BCUT2D eigenvalue weighted by molar-refractivity contribution is 6.04. The number of primary amides is 1. The second-order valence-corrected chi connectivity index (χ2v) is 4.48. The lowest BCUT2D eigenvalue weighted by Gasteiger charge is -2.15. The zero-order valence-corrected chi connectivity index (χ0v) is 9.88. The summed E-state index contributed by atoms with van der Waals surface area (Å²) in [4.78, 5) is 38.2. The number of nitrogens with one attached hydrogen (secondary N) is 1. The average Bonchev–Trinajstić information content (AvgIpc) is 2.90. The van der Waals surface area contributed by atoms with Crippen molar-refractivity contribution in [2.75, 3.05) is 11.4 Å². The Morgan fingerprint density at radius 3 is 2.89 bits per heavy atom. The van der Waals surface area contributed by atoms with E-state index >= 15 is 0 Å². The van der Waals surface area contributed by atoms with Gasteiger partial charge in [-0.15, -0.1) is 0 Å². The summed E-state index contributed by atoms with van der Waals surface area (Å²) < 4.78 is 5.03. The van der Waals surface area contributed by atoms with E-state index in [1.165, 1.54) is 4.90 Å². The lowest BCUT2D eigenvalue weighted by molar-refractivity contribution is -0.123. The number of aromatic amines is 1. The highest BCUT2D eigenvalue weighted by Gasteiger charge is 2.35. The van der Waals surface area contributed by atoms with Crippen LogP contribution in [0.4, 0.5) is 5.69 Å². The van der Waals surface area contributed by atoms with E-state index in [0.717, 1.165) is 0 Å². The predicted octanol–water partition coefficient (Wildman–Crippen LogP) is -0.0407. The number of para-hydroxylation sites is 1. The molecule has 3 rings (SSSR count). The highest BCUT2D eigenvalue weighted by Crippen LogP contribution is 2.30. The van der Waals surface area contributed by atoms with Gasteiger partial charge in [0.05, 0.1) is 17.1 Å². The summed E-state index contributed by atoms with van der Waals surface area (Å²) in [5, 5.41) is 0. The second-order valence-electron chi connectivity index (χ2n) is 4.48. The van der Waals surface area contributed by atoms with Gasteiger partial charge in [-0.1, -0.05) is 6.07 Å². The molecule has 3 N–H and O–H groups in total. The van der Waals surface area contributed by atoms with E-state index in [2.05, 4.69) is 4.98 Å². The second kappa shape index (κ2) is 3.98. The smallest absolute Gasteiger partial charge is 0.406 e. The van der Waals surface area contributed by atoms with E-state index in [0.29, 0.717) is 16.8 Å². The molecule has 2 amide bonds. The van der Waals surface area contributed by atoms with E-state index in [4.69, 9.17) is 10.2 Å². The third kappa shape index (κ3) is 1.79. The van der Waals surface area contributed by atoms with Crippen molar-refractivity contribution in [1.29, 1.82) is 0 Å². The zero-order valence-electron chi connectivity index (χ0n) is 9.88. The van der Waals surface area contributed by atoms with Gasteiger partial charge in [0.2, 0.25) is 11.8 Å². The van der Waals surface area contributed by atoms with Gasteiger partial charge in [0.1, 0.15) is 0 Å². The van der Waals surface area contributed by atoms with Crippen LogP contribution in [0, 0.1) is 5.92 Å². The molecule has 0 aliphatic carbocycles. The molecule has 1 fully saturated rings. The maximum atomic E-state index is 11.9. The maximum absolute atomic E-state index is 11.9. The van der Waals surface area contributed by atoms with Gasteiger partial charge in [-0.3, -0.25) is 14.6 Å². The van der Waals surface area contributed by atoms with Gasteiger partial charge in [0.15, 0.2) is 5.58 Å². The molecule has 0 saturated carbocycles. The number of anilines is 1. The minimum Gasteiger partial charge on any atom is -0.406 e. The molecule has 0 spiro atoms. The Balaban J connectivity index is 2.07. The molecule has 1 aliphatic rings. The molecule has 7 nitrogen and oxygen atoms in total. The van der Waals surface area contributed by atoms with E-state index in [9.17, 15) is 14.4 Å². The monoisotopic (exact) mass is 261 g/mol. The summed E-state index contributed by atoms with van der Waals surface area (Å²) in [6.45, 7) is 0.210. The minimum absolute atomic E-state index is 0.0837. The molecule has 1 aliphatic heterocycles. The molecule has 1 atom stereocenters. The molecule has 1 unspecified atom stereocenters. The van der Waals surface area contributed by atoms with Crippen molar-refractivity contribution < 1.29 is 14.0 Å². The number of carbonyl (C=O) groups excluding carboxylic acids is 2. The number of hydrogen-bond donors (Lipinski definition) is 2. The first-order valence-corrected chi connectivity index (χ1v) is 5.78. The molecule has 7 heteroatoms. The standard InChI is InChI=1S/C12H11N3O4/c13-11(17)6-4-9(16)15(5-6)8-3-1-2-7-10(8)19-12(18)14-7/h1-3,6H,4-5H2,(H2,13,17)(H,14,18). The van der Waals surface area contributed by atoms with Gasteiger partial charge in [-0.05, 0) is 12.1 Å². The first-order chi connectivity index (χ1) is 9.06. The number of amides is 2. The molecule has 0 bridgehead atoms. The van der Waals surface area contributed by atoms with Gasteiger partial charge in [-0.2, -0.15) is 0 Å². The SMILES string of the molecule is NC(=O)C1CC(=O)N(c2cccc3[nH]c(=O)oc23)C1. The number of carbonyl (C=O) groups is 2. The van der Waals surface area contributed by atoms with Gasteiger partial charge >= 0.3 is 5.76 Å². The van der Waals surface area contributed by atoms with E-state index in [1.54, 1.807) is 18.2 Å². The molecular formula is C12H11N3O4. The molecular weight excluding hydrogens is 250 g/mol. The third-order valence-corrected chi connectivity index (χ3v) is 3.24. The van der Waals surface area contributed by atoms with E-state index in [1.807, 2.05) is 0 Å². The van der Waals surface area contributed by atoms with Crippen LogP contribution in [0.1, 0.15) is 6.42 Å². The summed E-state index contributed by atoms with van der Waals surface area (Å²) in [5.41, 5.74) is 6.52. The normalized spacial score (nSPS) is 19.3. The van der Waals surface area contributed by atoms with Crippen LogP contribution in [-0.4, -0.2) is 23.3 Å². The van der Waals surface area contributed by atoms with Crippen molar-refractivity contribution >= 4 is 28.6 Å². The molecule has 1 aromatic carbocycles. The summed E-state index contributed by atoms with van der Waals surface area (Å²) >= 11 is 0. The number of aromatic nitrogens is 1. The van der Waals surface area contributed by atoms with Gasteiger partial charge in [0.25, 0.3) is 0 Å². The first-order valence-electron chi connectivity index (χ1n) is 5.78. The van der Waals surface area contributed by atoms with Gasteiger partial charge in [-0.25, -0.2) is 4.79 Å². The Kier molecular flexibility index (Phi) is 2.41. The van der Waals surface area contributed by atoms with Crippen molar-refractivity contribution in [3.05, 3.63) is 28.7 Å². The average molecular weight is 261 g/mol. The topological polar surface area (TPSA) is 109 Å². The molecule has 1 saturated heterocycles. The Morgan fingerprint density at radius 1 is 1.42 bits per heavy atom. The molecule has 0 radical (unpaired) electrons. The van der Waals surface area contributed by atoms with Crippen LogP contribution < -0.4 is 16.4 Å². The lowest BCUT2D eigenvalue weighted by Crippen LogP contribution is -2.28. The summed E-state index contributed by atoms with van der Waals surface area (Å²) in [6.07, 6.45) is 0.0837. The van der Waals surface area contributed by atoms with Crippen molar-refractivity contribution in [2.24, 2.45) is 11.7 Å². The van der Waals surface area contributed by atoms with Crippen LogP contribution in [0.3, 0.4) is 0 Å². The molecule has 1 aromatic heterocycles. The van der Waals surface area contributed by atoms with E-state index < -0.39 is 17.6 Å². The number of benzene rings is 1. The lowest BCUT2D eigenvalue weighted by atomic mass is 10.1. The van der Waals surface area contributed by atoms with Crippen LogP contribution in [-0.2, 0) is 9.59 Å². The molecule has 98 valence electrons. The number of fused-ring (bicyclic) bond motifs is 1. The van der Waals surface area contributed by atoms with Gasteiger partial charge in [0, 0.05) is 13.0 Å². The zero-order chi connectivity index (χ0) is 13.6. The van der Waals surface area contributed by atoms with Crippen molar-refractivity contribution in [3.8, 4) is 0 Å². The van der Waals surface area contributed by atoms with Crippen LogP contribution >= 0.6 is 0 Å². The fraction of sp³-hybridized carbons (Fsp3) is 0.250. The number of nitrogens with zero attached hydrogens (tertiary/aromatic N) is 1. The molecule has 19 heavy (non-hydrogen) atoms. The Labute approximate surface area is 107 Å². The van der Waals surface area contributed by atoms with Crippen LogP contribution in [0.5, 0.6) is 0 Å². The summed E-state index contributed by atoms with van der Waals surface area (Å²) in [6, 6.07) is 5.05. The van der Waals surface area contributed by atoms with Crippen LogP contribution in [0.15, 0.2) is 27.4 Å². The van der Waals surface area contributed by atoms with E-state index in [-0.39, 0.29) is 18.9 Å². The number of nitrogens with two attached hydrogens (primary N) is 1. The summed E-state index contributed by atoms with van der Waals surface area (Å²) in [7, 11) is 0. The molecule has 2 heterocycles. The van der Waals surface area contributed by atoms with Crippen LogP contribution in [0.2, 0.25) is 0 Å². The number of hydrogen-bond acceptors (Lipinski definition) is 4. The Hall–Kier alpha value is -2.57. The fourth-order valence-electron chi connectivity index (χ4n) is 2.30. The fourth-order valence-corrected chi connectivity index (χ4v) is 2.30. The van der Waals surface area contributed by atoms with Crippen molar-refractivity contribution in [1.82, 2.24) is 4.98 Å². The van der Waals surface area contributed by atoms with Crippen LogP contribution in [0.25, 0.3) is 11.1 Å². The Morgan fingerprint density at radius 2 is 2.21 bits per heavy atom.